The van der Waals surface area contributed by atoms with E-state index in [1.54, 1.807) is 21.1 Å². The largest absolute Gasteiger partial charge is 0.493 e. The van der Waals surface area contributed by atoms with Gasteiger partial charge >= 0.3 is 5.97 Å². The second-order valence-electron chi connectivity index (χ2n) is 8.10. The number of hydrogen-bond donors (Lipinski definition) is 1. The molecule has 0 saturated heterocycles. The molecule has 8 nitrogen and oxygen atoms in total. The third-order valence-electron chi connectivity index (χ3n) is 5.49. The normalized spacial score (nSPS) is 11.3. The van der Waals surface area contributed by atoms with Crippen molar-refractivity contribution < 1.29 is 33.0 Å². The highest BCUT2D eigenvalue weighted by atomic mass is 16.5. The molecule has 1 amide bonds. The van der Waals surface area contributed by atoms with Gasteiger partial charge in [0.2, 0.25) is 5.91 Å². The smallest absolute Gasteiger partial charge is 0.305 e. The molecule has 1 heterocycles. The molecule has 1 N–H and O–H groups in total. The fourth-order valence-corrected chi connectivity index (χ4v) is 3.66. The van der Waals surface area contributed by atoms with E-state index in [2.05, 4.69) is 5.32 Å². The van der Waals surface area contributed by atoms with Gasteiger partial charge < -0.3 is 28.7 Å². The summed E-state index contributed by atoms with van der Waals surface area (Å²) in [5.74, 6) is 2.06. The number of ether oxygens (including phenoxy) is 4. The van der Waals surface area contributed by atoms with E-state index in [4.69, 9.17) is 23.4 Å². The average Bonchev–Trinajstić information content (AvgIpc) is 3.32. The first-order valence-electron chi connectivity index (χ1n) is 11.9. The zero-order valence-corrected chi connectivity index (χ0v) is 21.2. The predicted molar refractivity (Wildman–Crippen MR) is 137 cm³/mol. The van der Waals surface area contributed by atoms with Gasteiger partial charge in [-0.2, -0.15) is 0 Å². The number of esters is 1. The lowest BCUT2D eigenvalue weighted by atomic mass is 10.1. The van der Waals surface area contributed by atoms with Crippen LogP contribution in [0.4, 0.5) is 0 Å². The molecule has 0 aliphatic heterocycles. The van der Waals surface area contributed by atoms with Gasteiger partial charge in [-0.1, -0.05) is 18.2 Å². The van der Waals surface area contributed by atoms with Crippen molar-refractivity contribution in [2.75, 3.05) is 34.0 Å². The van der Waals surface area contributed by atoms with Gasteiger partial charge in [0, 0.05) is 24.4 Å². The highest BCUT2D eigenvalue weighted by molar-refractivity contribution is 5.95. The zero-order chi connectivity index (χ0) is 25.9. The highest BCUT2D eigenvalue weighted by Gasteiger charge is 2.12. The molecule has 1 aromatic heterocycles. The first-order chi connectivity index (χ1) is 17.4. The summed E-state index contributed by atoms with van der Waals surface area (Å²) in [6.07, 6.45) is 3.02. The van der Waals surface area contributed by atoms with Crippen LogP contribution in [0.25, 0.3) is 16.5 Å². The number of nitrogens with one attached hydrogen (secondary N) is 1. The number of fused-ring (bicyclic) bond motifs is 1. The molecule has 0 aliphatic rings. The third-order valence-corrected chi connectivity index (χ3v) is 5.49. The number of carbonyl (C=O) groups is 2. The summed E-state index contributed by atoms with van der Waals surface area (Å²) in [6, 6.07) is 13.2. The van der Waals surface area contributed by atoms with Gasteiger partial charge in [0.05, 0.1) is 27.4 Å². The molecule has 3 aromatic rings. The Balaban J connectivity index is 1.56. The molecule has 0 unspecified atom stereocenters. The van der Waals surface area contributed by atoms with E-state index in [0.29, 0.717) is 73.2 Å². The number of carbonyl (C=O) groups excluding carboxylic acids is 2. The number of hydrogen-bond acceptors (Lipinski definition) is 7. The van der Waals surface area contributed by atoms with Gasteiger partial charge in [0.1, 0.15) is 5.76 Å². The Bertz CT molecular complexity index is 1210. The molecule has 8 heteroatoms. The number of furan rings is 1. The molecule has 0 fully saturated rings. The Morgan fingerprint density at radius 1 is 1.03 bits per heavy atom. The number of allylic oxidation sites excluding steroid dienone is 1. The minimum atomic E-state index is -0.234. The monoisotopic (exact) mass is 495 g/mol. The van der Waals surface area contributed by atoms with E-state index < -0.39 is 0 Å². The van der Waals surface area contributed by atoms with Gasteiger partial charge in [-0.15, -0.1) is 0 Å². The van der Waals surface area contributed by atoms with Crippen molar-refractivity contribution in [2.45, 2.75) is 33.1 Å². The van der Waals surface area contributed by atoms with Gasteiger partial charge in [0.15, 0.2) is 22.8 Å². The van der Waals surface area contributed by atoms with Crippen molar-refractivity contribution >= 4 is 28.4 Å². The van der Waals surface area contributed by atoms with Crippen molar-refractivity contribution in [1.82, 2.24) is 5.32 Å². The summed E-state index contributed by atoms with van der Waals surface area (Å²) in [5, 5.41) is 3.77. The summed E-state index contributed by atoms with van der Waals surface area (Å²) in [7, 11) is 3.19. The quantitative estimate of drug-likeness (QED) is 0.204. The second kappa shape index (κ2) is 13.2. The maximum atomic E-state index is 12.5. The maximum Gasteiger partial charge on any atom is 0.305 e. The summed E-state index contributed by atoms with van der Waals surface area (Å²) in [6.45, 7) is 4.82. The van der Waals surface area contributed by atoms with Crippen LogP contribution in [0.2, 0.25) is 0 Å². The predicted octanol–water partition coefficient (Wildman–Crippen LogP) is 4.93. The Morgan fingerprint density at radius 3 is 2.58 bits per heavy atom. The Hall–Kier alpha value is -3.94. The maximum absolute atomic E-state index is 12.5. The van der Waals surface area contributed by atoms with Crippen LogP contribution < -0.4 is 19.5 Å². The van der Waals surface area contributed by atoms with E-state index in [-0.39, 0.29) is 11.9 Å². The fourth-order valence-electron chi connectivity index (χ4n) is 3.66. The molecule has 0 spiro atoms. The third kappa shape index (κ3) is 7.28. The van der Waals surface area contributed by atoms with Crippen LogP contribution in [-0.2, 0) is 20.7 Å². The topological polar surface area (TPSA) is 96.2 Å². The van der Waals surface area contributed by atoms with Crippen molar-refractivity contribution in [3.8, 4) is 17.2 Å². The van der Waals surface area contributed by atoms with Crippen LogP contribution in [0.15, 0.2) is 53.0 Å². The van der Waals surface area contributed by atoms with Gasteiger partial charge in [0.25, 0.3) is 0 Å². The van der Waals surface area contributed by atoms with Crippen molar-refractivity contribution in [3.63, 3.8) is 0 Å². The molecule has 0 bridgehead atoms. The molecule has 2 aromatic carbocycles. The minimum absolute atomic E-state index is 0.205. The lowest BCUT2D eigenvalue weighted by Gasteiger charge is -2.09. The molecular formula is C28H33NO7. The van der Waals surface area contributed by atoms with Gasteiger partial charge in [-0.25, -0.2) is 0 Å². The summed E-state index contributed by atoms with van der Waals surface area (Å²) in [5.41, 5.74) is 2.33. The molecule has 3 rings (SSSR count). The average molecular weight is 496 g/mol. The molecule has 192 valence electrons. The number of rotatable bonds is 13. The van der Waals surface area contributed by atoms with E-state index in [0.717, 1.165) is 10.9 Å². The van der Waals surface area contributed by atoms with E-state index >= 15 is 0 Å². The van der Waals surface area contributed by atoms with E-state index in [1.165, 1.54) is 6.08 Å². The number of benzene rings is 2. The highest BCUT2D eigenvalue weighted by Crippen LogP contribution is 2.31. The summed E-state index contributed by atoms with van der Waals surface area (Å²) in [4.78, 5) is 23.9. The van der Waals surface area contributed by atoms with Crippen molar-refractivity contribution in [1.29, 1.82) is 0 Å². The standard InChI is InChI=1S/C28H33NO7/c1-5-34-27(31)10-7-15-35-23-9-6-8-21-18-24(36-28(21)23)19(2)16-26(30)29-14-13-20-11-12-22(32-3)25(17-20)33-4/h6,8-9,11-12,16-18H,5,7,10,13-15H2,1-4H3,(H,29,30)/b19-16+. The first kappa shape index (κ1) is 26.7. The van der Waals surface area contributed by atoms with Crippen LogP contribution in [-0.4, -0.2) is 45.9 Å². The van der Waals surface area contributed by atoms with Crippen LogP contribution in [0.3, 0.4) is 0 Å². The van der Waals surface area contributed by atoms with Crippen molar-refractivity contribution in [3.05, 3.63) is 59.9 Å². The lowest BCUT2D eigenvalue weighted by Crippen LogP contribution is -2.23. The number of methoxy groups -OCH3 is 2. The Labute approximate surface area is 211 Å². The minimum Gasteiger partial charge on any atom is -0.493 e. The SMILES string of the molecule is CCOC(=O)CCCOc1cccc2cc(/C(C)=C/C(=O)NCCc3ccc(OC)c(OC)c3)oc12. The fraction of sp³-hybridized carbons (Fsp3) is 0.357. The van der Waals surface area contributed by atoms with E-state index in [1.807, 2.05) is 49.4 Å². The Morgan fingerprint density at radius 2 is 1.83 bits per heavy atom. The molecule has 0 saturated carbocycles. The lowest BCUT2D eigenvalue weighted by molar-refractivity contribution is -0.143. The number of para-hydroxylation sites is 1. The molecule has 0 radical (unpaired) electrons. The number of amides is 1. The van der Waals surface area contributed by atoms with Crippen LogP contribution in [0.5, 0.6) is 17.2 Å². The molecule has 0 atom stereocenters. The van der Waals surface area contributed by atoms with Gasteiger partial charge in [-0.05, 0) is 62.1 Å². The molecule has 0 aliphatic carbocycles. The van der Waals surface area contributed by atoms with Crippen LogP contribution >= 0.6 is 0 Å². The first-order valence-corrected chi connectivity index (χ1v) is 11.9. The molecular weight excluding hydrogens is 462 g/mol. The summed E-state index contributed by atoms with van der Waals surface area (Å²) >= 11 is 0. The van der Waals surface area contributed by atoms with Crippen molar-refractivity contribution in [2.24, 2.45) is 0 Å². The molecule has 36 heavy (non-hydrogen) atoms. The Kier molecular flexibility index (Phi) is 9.80. The van der Waals surface area contributed by atoms with E-state index in [9.17, 15) is 9.59 Å². The second-order valence-corrected chi connectivity index (χ2v) is 8.10. The van der Waals surface area contributed by atoms with Gasteiger partial charge in [-0.3, -0.25) is 9.59 Å². The zero-order valence-electron chi connectivity index (χ0n) is 21.2. The summed E-state index contributed by atoms with van der Waals surface area (Å²) < 4.78 is 27.3. The van der Waals surface area contributed by atoms with Crippen LogP contribution in [0.1, 0.15) is 38.0 Å². The van der Waals surface area contributed by atoms with Crippen LogP contribution in [0, 0.1) is 0 Å².